The minimum absolute atomic E-state index is 0.0283. The molecule has 2 amide bonds. The van der Waals surface area contributed by atoms with Crippen LogP contribution in [0.25, 0.3) is 0 Å². The number of carbonyl (C=O) groups excluding carboxylic acids is 1. The SMILES string of the molecule is CC1C=C2N=CC3=C([C@H](C(F)(F)F)CN3C(=O)NC3CCOC(C)(C)C3)N2N1. The molecule has 7 nitrogen and oxygen atoms in total. The molecule has 1 saturated heterocycles. The molecule has 0 radical (unpaired) electrons. The van der Waals surface area contributed by atoms with Gasteiger partial charge in [-0.3, -0.25) is 9.91 Å². The van der Waals surface area contributed by atoms with Gasteiger partial charge in [0, 0.05) is 25.2 Å². The molecule has 1 fully saturated rings. The van der Waals surface area contributed by atoms with Crippen molar-refractivity contribution in [3.63, 3.8) is 0 Å². The molecule has 4 heterocycles. The highest BCUT2D eigenvalue weighted by molar-refractivity contribution is 5.90. The van der Waals surface area contributed by atoms with Crippen LogP contribution in [0.15, 0.2) is 28.3 Å². The Hall–Kier alpha value is -2.07. The number of hydrazine groups is 1. The zero-order chi connectivity index (χ0) is 20.3. The highest BCUT2D eigenvalue weighted by atomic mass is 19.4. The summed E-state index contributed by atoms with van der Waals surface area (Å²) in [4.78, 5) is 18.3. The van der Waals surface area contributed by atoms with E-state index >= 15 is 0 Å². The van der Waals surface area contributed by atoms with E-state index in [4.69, 9.17) is 4.74 Å². The number of carbonyl (C=O) groups is 1. The maximum absolute atomic E-state index is 13.8. The van der Waals surface area contributed by atoms with E-state index in [1.54, 1.807) is 6.08 Å². The zero-order valence-corrected chi connectivity index (χ0v) is 16.0. The van der Waals surface area contributed by atoms with Gasteiger partial charge in [0.15, 0.2) is 0 Å². The average molecular weight is 399 g/mol. The molecule has 0 aromatic carbocycles. The molecule has 2 N–H and O–H groups in total. The van der Waals surface area contributed by atoms with Gasteiger partial charge in [0.2, 0.25) is 0 Å². The number of ether oxygens (including phenoxy) is 1. The van der Waals surface area contributed by atoms with Crippen molar-refractivity contribution in [1.29, 1.82) is 0 Å². The normalized spacial score (nSPS) is 31.6. The van der Waals surface area contributed by atoms with E-state index in [-0.39, 0.29) is 29.1 Å². The molecule has 3 atom stereocenters. The van der Waals surface area contributed by atoms with Crippen molar-refractivity contribution < 1.29 is 22.7 Å². The molecular weight excluding hydrogens is 375 g/mol. The fourth-order valence-electron chi connectivity index (χ4n) is 4.18. The van der Waals surface area contributed by atoms with Gasteiger partial charge in [0.1, 0.15) is 11.7 Å². The number of hydrogen-bond donors (Lipinski definition) is 2. The molecule has 0 saturated carbocycles. The molecule has 4 aliphatic heterocycles. The second-order valence-corrected chi connectivity index (χ2v) is 8.26. The van der Waals surface area contributed by atoms with Gasteiger partial charge in [-0.25, -0.2) is 15.2 Å². The van der Waals surface area contributed by atoms with Gasteiger partial charge >= 0.3 is 12.2 Å². The van der Waals surface area contributed by atoms with Gasteiger partial charge in [-0.05, 0) is 39.7 Å². The van der Waals surface area contributed by atoms with Crippen molar-refractivity contribution >= 4 is 12.2 Å². The zero-order valence-electron chi connectivity index (χ0n) is 16.0. The van der Waals surface area contributed by atoms with Crippen molar-refractivity contribution in [2.75, 3.05) is 13.2 Å². The number of halogens is 3. The summed E-state index contributed by atoms with van der Waals surface area (Å²) in [5, 5.41) is 4.24. The fraction of sp³-hybridized carbons (Fsp3) is 0.667. The average Bonchev–Trinajstić information content (AvgIpc) is 3.12. The summed E-state index contributed by atoms with van der Waals surface area (Å²) in [6.45, 7) is 5.74. The van der Waals surface area contributed by atoms with Crippen LogP contribution in [-0.2, 0) is 4.74 Å². The van der Waals surface area contributed by atoms with E-state index < -0.39 is 24.7 Å². The minimum Gasteiger partial charge on any atom is -0.375 e. The summed E-state index contributed by atoms with van der Waals surface area (Å²) in [6, 6.07) is -0.820. The molecule has 28 heavy (non-hydrogen) atoms. The summed E-state index contributed by atoms with van der Waals surface area (Å²) in [6.07, 6.45) is -0.131. The molecule has 154 valence electrons. The van der Waals surface area contributed by atoms with Crippen molar-refractivity contribution in [3.05, 3.63) is 23.3 Å². The number of hydrogen-bond acceptors (Lipinski definition) is 5. The lowest BCUT2D eigenvalue weighted by Crippen LogP contribution is -2.50. The molecule has 0 spiro atoms. The maximum Gasteiger partial charge on any atom is 0.399 e. The number of allylic oxidation sites excluding steroid dienone is 1. The third kappa shape index (κ3) is 3.39. The third-order valence-electron chi connectivity index (χ3n) is 5.43. The second kappa shape index (κ2) is 6.48. The molecule has 4 aliphatic rings. The smallest absolute Gasteiger partial charge is 0.375 e. The van der Waals surface area contributed by atoms with Crippen molar-refractivity contribution in [2.45, 2.75) is 57.5 Å². The van der Waals surface area contributed by atoms with Crippen LogP contribution in [-0.4, -0.2) is 59.2 Å². The van der Waals surface area contributed by atoms with E-state index in [9.17, 15) is 18.0 Å². The van der Waals surface area contributed by atoms with Crippen LogP contribution in [0.2, 0.25) is 0 Å². The van der Waals surface area contributed by atoms with Gasteiger partial charge in [-0.1, -0.05) is 0 Å². The first kappa shape index (κ1) is 19.3. The lowest BCUT2D eigenvalue weighted by atomic mass is 9.94. The van der Waals surface area contributed by atoms with Crippen molar-refractivity contribution in [2.24, 2.45) is 10.9 Å². The lowest BCUT2D eigenvalue weighted by Gasteiger charge is -2.36. The Labute approximate surface area is 161 Å². The van der Waals surface area contributed by atoms with Crippen LogP contribution in [0.4, 0.5) is 18.0 Å². The number of aliphatic imine (C=N–C) groups is 1. The monoisotopic (exact) mass is 399 g/mol. The molecule has 0 aliphatic carbocycles. The summed E-state index contributed by atoms with van der Waals surface area (Å²) in [5.74, 6) is -1.35. The molecule has 0 aromatic rings. The predicted octanol–water partition coefficient (Wildman–Crippen LogP) is 2.49. The summed E-state index contributed by atoms with van der Waals surface area (Å²) in [5.41, 5.74) is 2.82. The number of fused-ring (bicyclic) bond motifs is 2. The Morgan fingerprint density at radius 3 is 2.86 bits per heavy atom. The Balaban J connectivity index is 1.58. The molecule has 0 bridgehead atoms. The number of nitrogens with one attached hydrogen (secondary N) is 2. The van der Waals surface area contributed by atoms with Crippen molar-refractivity contribution in [3.8, 4) is 0 Å². The quantitative estimate of drug-likeness (QED) is 0.711. The molecule has 2 unspecified atom stereocenters. The van der Waals surface area contributed by atoms with Gasteiger partial charge in [-0.15, -0.1) is 0 Å². The first-order chi connectivity index (χ1) is 13.0. The number of rotatable bonds is 1. The summed E-state index contributed by atoms with van der Waals surface area (Å²) >= 11 is 0. The Kier molecular flexibility index (Phi) is 4.46. The third-order valence-corrected chi connectivity index (χ3v) is 5.43. The van der Waals surface area contributed by atoms with E-state index in [0.29, 0.717) is 25.3 Å². The lowest BCUT2D eigenvalue weighted by molar-refractivity contribution is -0.166. The Bertz CT molecular complexity index is 774. The highest BCUT2D eigenvalue weighted by Crippen LogP contribution is 2.44. The number of alkyl halides is 3. The first-order valence-corrected chi connectivity index (χ1v) is 9.40. The first-order valence-electron chi connectivity index (χ1n) is 9.40. The van der Waals surface area contributed by atoms with E-state index in [1.165, 1.54) is 11.2 Å². The van der Waals surface area contributed by atoms with Crippen LogP contribution in [0.5, 0.6) is 0 Å². The van der Waals surface area contributed by atoms with Crippen LogP contribution < -0.4 is 10.7 Å². The molecule has 0 aromatic heterocycles. The van der Waals surface area contributed by atoms with E-state index in [2.05, 4.69) is 15.7 Å². The van der Waals surface area contributed by atoms with E-state index in [0.717, 1.165) is 4.90 Å². The van der Waals surface area contributed by atoms with Crippen LogP contribution in [0.3, 0.4) is 0 Å². The number of amides is 2. The Morgan fingerprint density at radius 2 is 2.18 bits per heavy atom. The topological polar surface area (TPSA) is 69.2 Å². The second-order valence-electron chi connectivity index (χ2n) is 8.26. The fourth-order valence-corrected chi connectivity index (χ4v) is 4.18. The molecule has 4 rings (SSSR count). The molecular formula is C18H24F3N5O2. The summed E-state index contributed by atoms with van der Waals surface area (Å²) < 4.78 is 46.9. The van der Waals surface area contributed by atoms with Crippen molar-refractivity contribution in [1.82, 2.24) is 20.7 Å². The van der Waals surface area contributed by atoms with Gasteiger partial charge in [0.05, 0.1) is 23.2 Å². The predicted molar refractivity (Wildman–Crippen MR) is 95.9 cm³/mol. The van der Waals surface area contributed by atoms with Crippen LogP contribution >= 0.6 is 0 Å². The van der Waals surface area contributed by atoms with E-state index in [1.807, 2.05) is 20.8 Å². The largest absolute Gasteiger partial charge is 0.399 e. The summed E-state index contributed by atoms with van der Waals surface area (Å²) in [7, 11) is 0. The Morgan fingerprint density at radius 1 is 1.43 bits per heavy atom. The van der Waals surface area contributed by atoms with Gasteiger partial charge in [-0.2, -0.15) is 13.2 Å². The standard InChI is InChI=1S/C18H24F3N5O2/c1-10-6-14-22-8-13-15(26(14)24-10)12(18(19,20)21)9-25(13)16(27)23-11-4-5-28-17(2,3)7-11/h6,8,10-12,24H,4-5,7,9H2,1-3H3,(H,23,27)/t10?,11?,12-/m1/s1. The van der Waals surface area contributed by atoms with Gasteiger partial charge in [0.25, 0.3) is 0 Å². The maximum atomic E-state index is 13.8. The molecule has 10 heteroatoms. The minimum atomic E-state index is -4.47. The number of urea groups is 1. The van der Waals surface area contributed by atoms with Crippen LogP contribution in [0, 0.1) is 5.92 Å². The highest BCUT2D eigenvalue weighted by Gasteiger charge is 2.53. The van der Waals surface area contributed by atoms with Crippen LogP contribution in [0.1, 0.15) is 33.6 Å². The number of nitrogens with zero attached hydrogens (tertiary/aromatic N) is 3. The van der Waals surface area contributed by atoms with Gasteiger partial charge < -0.3 is 10.1 Å².